The Morgan fingerprint density at radius 3 is 2.94 bits per heavy atom. The first-order valence-electron chi connectivity index (χ1n) is 5.84. The van der Waals surface area contributed by atoms with E-state index in [9.17, 15) is 4.79 Å². The Balaban J connectivity index is 2.15. The molecule has 0 aromatic carbocycles. The molecule has 1 amide bonds. The van der Waals surface area contributed by atoms with Gasteiger partial charge >= 0.3 is 0 Å². The summed E-state index contributed by atoms with van der Waals surface area (Å²) in [5.41, 5.74) is 8.17. The number of aryl methyl sites for hydroxylation is 1. The lowest BCUT2D eigenvalue weighted by molar-refractivity contribution is 0.0774. The molecule has 0 unspecified atom stereocenters. The third kappa shape index (κ3) is 2.56. The molecule has 0 radical (unpaired) electrons. The molecule has 0 fully saturated rings. The molecule has 0 saturated carbocycles. The van der Waals surface area contributed by atoms with Crippen molar-refractivity contribution in [2.24, 2.45) is 0 Å². The number of amides is 1. The van der Waals surface area contributed by atoms with E-state index in [2.05, 4.69) is 5.38 Å². The van der Waals surface area contributed by atoms with Gasteiger partial charge in [-0.1, -0.05) is 0 Å². The second-order valence-electron chi connectivity index (χ2n) is 4.24. The highest BCUT2D eigenvalue weighted by atomic mass is 32.1. The number of rotatable bonds is 4. The summed E-state index contributed by atoms with van der Waals surface area (Å²) in [5.74, 6) is -0.000231. The molecule has 0 spiro atoms. The van der Waals surface area contributed by atoms with Crippen molar-refractivity contribution >= 4 is 22.9 Å². The number of hydrogen-bond acceptors (Lipinski definition) is 3. The Morgan fingerprint density at radius 2 is 2.33 bits per heavy atom. The molecule has 0 aliphatic rings. The van der Waals surface area contributed by atoms with Crippen molar-refractivity contribution in [2.75, 3.05) is 12.8 Å². The van der Waals surface area contributed by atoms with Crippen LogP contribution >= 0.6 is 11.3 Å². The van der Waals surface area contributed by atoms with Crippen LogP contribution in [-0.2, 0) is 13.1 Å². The van der Waals surface area contributed by atoms with Gasteiger partial charge in [-0.3, -0.25) is 4.79 Å². The number of hydrogen-bond donors (Lipinski definition) is 1. The molecule has 2 aromatic heterocycles. The fourth-order valence-electron chi connectivity index (χ4n) is 1.90. The molecule has 0 aliphatic heterocycles. The van der Waals surface area contributed by atoms with Crippen molar-refractivity contribution in [3.63, 3.8) is 0 Å². The maximum Gasteiger partial charge on any atom is 0.270 e. The lowest BCUT2D eigenvalue weighted by Gasteiger charge is -2.17. The van der Waals surface area contributed by atoms with Gasteiger partial charge < -0.3 is 15.2 Å². The number of nitrogens with zero attached hydrogens (tertiary/aromatic N) is 2. The van der Waals surface area contributed by atoms with E-state index < -0.39 is 0 Å². The summed E-state index contributed by atoms with van der Waals surface area (Å²) >= 11 is 1.64. The molecular formula is C13H17N3OS. The highest BCUT2D eigenvalue weighted by Gasteiger charge is 2.16. The quantitative estimate of drug-likeness (QED) is 0.921. The summed E-state index contributed by atoms with van der Waals surface area (Å²) < 4.78 is 1.88. The van der Waals surface area contributed by atoms with Gasteiger partial charge in [-0.05, 0) is 35.4 Å². The Morgan fingerprint density at radius 1 is 1.56 bits per heavy atom. The van der Waals surface area contributed by atoms with E-state index in [1.165, 1.54) is 0 Å². The van der Waals surface area contributed by atoms with Crippen molar-refractivity contribution in [1.29, 1.82) is 0 Å². The van der Waals surface area contributed by atoms with Crippen LogP contribution in [-0.4, -0.2) is 22.4 Å². The largest absolute Gasteiger partial charge is 0.397 e. The maximum atomic E-state index is 12.3. The molecular weight excluding hydrogens is 246 g/mol. The number of thiophene rings is 1. The van der Waals surface area contributed by atoms with Crippen molar-refractivity contribution in [1.82, 2.24) is 9.47 Å². The van der Waals surface area contributed by atoms with Gasteiger partial charge in [0.2, 0.25) is 0 Å². The van der Waals surface area contributed by atoms with Crippen LogP contribution in [0.15, 0.2) is 29.1 Å². The highest BCUT2D eigenvalue weighted by Crippen LogP contribution is 2.15. The molecule has 2 heterocycles. The standard InChI is InChI=1S/C13H17N3OS/c1-3-16-8-11(14)6-12(16)13(17)15(2)7-10-4-5-18-9-10/h4-6,8-9H,3,7,14H2,1-2H3. The number of nitrogens with two attached hydrogens (primary N) is 1. The molecule has 2 aromatic rings. The fraction of sp³-hybridized carbons (Fsp3) is 0.308. The Bertz CT molecular complexity index is 530. The lowest BCUT2D eigenvalue weighted by atomic mass is 10.3. The second kappa shape index (κ2) is 5.27. The molecule has 0 aliphatic carbocycles. The highest BCUT2D eigenvalue weighted by molar-refractivity contribution is 7.07. The molecule has 5 heteroatoms. The van der Waals surface area contributed by atoms with E-state index in [0.29, 0.717) is 17.9 Å². The first-order valence-corrected chi connectivity index (χ1v) is 6.78. The summed E-state index contributed by atoms with van der Waals surface area (Å²) in [6, 6.07) is 3.76. The minimum atomic E-state index is -0.000231. The van der Waals surface area contributed by atoms with Crippen LogP contribution in [0.3, 0.4) is 0 Å². The van der Waals surface area contributed by atoms with Gasteiger partial charge in [-0.15, -0.1) is 0 Å². The molecule has 96 valence electrons. The minimum Gasteiger partial charge on any atom is -0.397 e. The van der Waals surface area contributed by atoms with Gasteiger partial charge in [0.1, 0.15) is 5.69 Å². The average molecular weight is 263 g/mol. The zero-order valence-electron chi connectivity index (χ0n) is 10.6. The van der Waals surface area contributed by atoms with Crippen molar-refractivity contribution < 1.29 is 4.79 Å². The molecule has 2 rings (SSSR count). The van der Waals surface area contributed by atoms with Crippen LogP contribution in [0, 0.1) is 0 Å². The molecule has 2 N–H and O–H groups in total. The first-order chi connectivity index (χ1) is 8.61. The first kappa shape index (κ1) is 12.7. The minimum absolute atomic E-state index is 0.000231. The fourth-order valence-corrected chi connectivity index (χ4v) is 2.56. The third-order valence-electron chi connectivity index (χ3n) is 2.82. The van der Waals surface area contributed by atoms with E-state index in [0.717, 1.165) is 12.1 Å². The molecule has 18 heavy (non-hydrogen) atoms. The van der Waals surface area contributed by atoms with Crippen LogP contribution in [0.5, 0.6) is 0 Å². The molecule has 0 atom stereocenters. The van der Waals surface area contributed by atoms with Crippen LogP contribution < -0.4 is 5.73 Å². The number of nitrogen functional groups attached to an aromatic ring is 1. The summed E-state index contributed by atoms with van der Waals surface area (Å²) in [6.07, 6.45) is 1.80. The van der Waals surface area contributed by atoms with E-state index >= 15 is 0 Å². The van der Waals surface area contributed by atoms with Crippen LogP contribution in [0.25, 0.3) is 0 Å². The van der Waals surface area contributed by atoms with Crippen LogP contribution in [0.1, 0.15) is 23.0 Å². The molecule has 4 nitrogen and oxygen atoms in total. The SMILES string of the molecule is CCn1cc(N)cc1C(=O)N(C)Cc1ccsc1. The topological polar surface area (TPSA) is 51.3 Å². The number of aromatic nitrogens is 1. The smallest absolute Gasteiger partial charge is 0.270 e. The Labute approximate surface area is 111 Å². The Kier molecular flexibility index (Phi) is 3.72. The van der Waals surface area contributed by atoms with Crippen LogP contribution in [0.4, 0.5) is 5.69 Å². The van der Waals surface area contributed by atoms with Gasteiger partial charge in [-0.25, -0.2) is 0 Å². The summed E-state index contributed by atoms with van der Waals surface area (Å²) in [6.45, 7) is 3.36. The van der Waals surface area contributed by atoms with Gasteiger partial charge in [-0.2, -0.15) is 11.3 Å². The monoisotopic (exact) mass is 263 g/mol. The second-order valence-corrected chi connectivity index (χ2v) is 5.02. The number of carbonyl (C=O) groups is 1. The van der Waals surface area contributed by atoms with E-state index in [1.54, 1.807) is 28.5 Å². The zero-order valence-corrected chi connectivity index (χ0v) is 11.4. The van der Waals surface area contributed by atoms with Gasteiger partial charge in [0.25, 0.3) is 5.91 Å². The number of carbonyl (C=O) groups excluding carboxylic acids is 1. The predicted octanol–water partition coefficient (Wildman–Crippen LogP) is 2.42. The van der Waals surface area contributed by atoms with Gasteiger partial charge in [0.15, 0.2) is 0 Å². The summed E-state index contributed by atoms with van der Waals surface area (Å²) in [4.78, 5) is 14.0. The molecule has 0 bridgehead atoms. The maximum absolute atomic E-state index is 12.3. The van der Waals surface area contributed by atoms with Gasteiger partial charge in [0.05, 0.1) is 5.69 Å². The van der Waals surface area contributed by atoms with E-state index in [-0.39, 0.29) is 5.91 Å². The predicted molar refractivity (Wildman–Crippen MR) is 74.6 cm³/mol. The third-order valence-corrected chi connectivity index (χ3v) is 3.56. The van der Waals surface area contributed by atoms with Gasteiger partial charge in [0, 0.05) is 26.3 Å². The van der Waals surface area contributed by atoms with E-state index in [1.807, 2.05) is 30.0 Å². The zero-order chi connectivity index (χ0) is 13.1. The summed E-state index contributed by atoms with van der Waals surface area (Å²) in [5, 5.41) is 4.07. The normalized spacial score (nSPS) is 10.6. The van der Waals surface area contributed by atoms with Crippen molar-refractivity contribution in [2.45, 2.75) is 20.0 Å². The Hall–Kier alpha value is -1.75. The van der Waals surface area contributed by atoms with Crippen LogP contribution in [0.2, 0.25) is 0 Å². The average Bonchev–Trinajstić information content (AvgIpc) is 2.97. The van der Waals surface area contributed by atoms with Crippen molar-refractivity contribution in [3.8, 4) is 0 Å². The number of anilines is 1. The molecule has 0 saturated heterocycles. The van der Waals surface area contributed by atoms with E-state index in [4.69, 9.17) is 5.73 Å². The summed E-state index contributed by atoms with van der Waals surface area (Å²) in [7, 11) is 1.81. The lowest BCUT2D eigenvalue weighted by Crippen LogP contribution is -2.27. The van der Waals surface area contributed by atoms with Crippen molar-refractivity contribution in [3.05, 3.63) is 40.3 Å².